The molecule has 0 aromatic carbocycles. The van der Waals surface area contributed by atoms with E-state index in [1.807, 2.05) is 13.8 Å². The van der Waals surface area contributed by atoms with E-state index < -0.39 is 11.9 Å². The largest absolute Gasteiger partial charge is 2.00 e. The van der Waals surface area contributed by atoms with Crippen molar-refractivity contribution in [2.75, 3.05) is 0 Å². The first-order chi connectivity index (χ1) is 6.36. The van der Waals surface area contributed by atoms with Gasteiger partial charge in [-0.3, -0.25) is 0 Å². The fourth-order valence-corrected chi connectivity index (χ4v) is 0.333. The molecule has 5 heteroatoms. The summed E-state index contributed by atoms with van der Waals surface area (Å²) in [5.74, 6) is -2.50. The van der Waals surface area contributed by atoms with Crippen molar-refractivity contribution in [2.45, 2.75) is 40.5 Å². The summed E-state index contributed by atoms with van der Waals surface area (Å²) >= 11 is 0. The fraction of sp³-hybridized carbons (Fsp3) is 0.800. The molecule has 0 aromatic heterocycles. The normalized spacial score (nSPS) is 12.5. The molecule has 15 heavy (non-hydrogen) atoms. The molecule has 0 radical (unpaired) electrons. The Balaban J connectivity index is -0.000000180. The molecule has 0 aliphatic heterocycles. The van der Waals surface area contributed by atoms with Gasteiger partial charge in [-0.2, -0.15) is 0 Å². The second kappa shape index (κ2) is 12.5. The third kappa shape index (κ3) is 14.4. The fourth-order valence-electron chi connectivity index (χ4n) is 0.333. The van der Waals surface area contributed by atoms with Crippen molar-refractivity contribution in [1.82, 2.24) is 0 Å². The second-order valence-electron chi connectivity index (χ2n) is 3.26. The Hall–Kier alpha value is 0.421. The number of carbonyl (C=O) groups excluding carboxylic acids is 2. The third-order valence-corrected chi connectivity index (χ3v) is 2.03. The van der Waals surface area contributed by atoms with Gasteiger partial charge in [0.1, 0.15) is 0 Å². The van der Waals surface area contributed by atoms with Crippen LogP contribution < -0.4 is 10.2 Å². The minimum Gasteiger partial charge on any atom is -0.550 e. The SMILES string of the molecule is CCC(C)C(=O)[O-].CCC(C)C(=O)[O-].[Sr+2]. The van der Waals surface area contributed by atoms with Crippen LogP contribution >= 0.6 is 0 Å². The van der Waals surface area contributed by atoms with E-state index in [-0.39, 0.29) is 57.3 Å². The topological polar surface area (TPSA) is 80.3 Å². The first-order valence-electron chi connectivity index (χ1n) is 4.78. The smallest absolute Gasteiger partial charge is 0.550 e. The van der Waals surface area contributed by atoms with Gasteiger partial charge in [-0.15, -0.1) is 0 Å². The minimum absolute atomic E-state index is 0. The van der Waals surface area contributed by atoms with Crippen LogP contribution in [0.15, 0.2) is 0 Å². The van der Waals surface area contributed by atoms with Crippen molar-refractivity contribution in [2.24, 2.45) is 11.8 Å². The number of aliphatic carboxylic acids is 2. The summed E-state index contributed by atoms with van der Waals surface area (Å²) in [4.78, 5) is 19.6. The molecule has 0 bridgehead atoms. The summed E-state index contributed by atoms with van der Waals surface area (Å²) in [5.41, 5.74) is 0. The van der Waals surface area contributed by atoms with Gasteiger partial charge in [0.15, 0.2) is 0 Å². The predicted octanol–water partition coefficient (Wildman–Crippen LogP) is -0.816. The quantitative estimate of drug-likeness (QED) is 0.634. The van der Waals surface area contributed by atoms with Crippen molar-refractivity contribution in [3.63, 3.8) is 0 Å². The van der Waals surface area contributed by atoms with E-state index in [1.165, 1.54) is 0 Å². The first kappa shape index (κ1) is 20.8. The predicted molar refractivity (Wildman–Crippen MR) is 54.7 cm³/mol. The molecule has 0 rings (SSSR count). The van der Waals surface area contributed by atoms with Gasteiger partial charge in [-0.25, -0.2) is 0 Å². The van der Waals surface area contributed by atoms with E-state index in [1.54, 1.807) is 13.8 Å². The number of rotatable bonds is 4. The van der Waals surface area contributed by atoms with E-state index in [0.717, 1.165) is 0 Å². The van der Waals surface area contributed by atoms with Crippen molar-refractivity contribution in [3.05, 3.63) is 0 Å². The van der Waals surface area contributed by atoms with E-state index in [9.17, 15) is 19.8 Å². The molecule has 0 saturated heterocycles. The van der Waals surface area contributed by atoms with Gasteiger partial charge >= 0.3 is 45.5 Å². The maximum absolute atomic E-state index is 9.82. The van der Waals surface area contributed by atoms with Crippen LogP contribution in [0.25, 0.3) is 0 Å². The Bertz CT molecular complexity index is 162. The first-order valence-corrected chi connectivity index (χ1v) is 4.78. The van der Waals surface area contributed by atoms with Crippen LogP contribution in [0.2, 0.25) is 0 Å². The number of carboxylic acids is 2. The zero-order chi connectivity index (χ0) is 11.7. The molecule has 0 aromatic rings. The number of hydrogen-bond donors (Lipinski definition) is 0. The molecular weight excluding hydrogens is 272 g/mol. The zero-order valence-electron chi connectivity index (χ0n) is 9.91. The average Bonchev–Trinajstić information content (AvgIpc) is 2.15. The number of carboxylic acid groups (broad SMARTS) is 2. The van der Waals surface area contributed by atoms with Gasteiger partial charge in [0.05, 0.1) is 0 Å². The van der Waals surface area contributed by atoms with Crippen LogP contribution in [0, 0.1) is 11.8 Å². The Labute approximate surface area is 128 Å². The van der Waals surface area contributed by atoms with Gasteiger partial charge in [0, 0.05) is 11.9 Å². The molecule has 0 aliphatic carbocycles. The van der Waals surface area contributed by atoms with Gasteiger partial charge in [0.2, 0.25) is 0 Å². The van der Waals surface area contributed by atoms with Crippen molar-refractivity contribution in [3.8, 4) is 0 Å². The minimum atomic E-state index is -0.956. The average molecular weight is 290 g/mol. The van der Waals surface area contributed by atoms with E-state index in [2.05, 4.69) is 0 Å². The molecule has 84 valence electrons. The molecular formula is C10H18O4Sr. The summed E-state index contributed by atoms with van der Waals surface area (Å²) in [6.45, 7) is 6.91. The molecule has 0 spiro atoms. The Morgan fingerprint density at radius 1 is 0.933 bits per heavy atom. The van der Waals surface area contributed by atoms with Crippen LogP contribution in [0.3, 0.4) is 0 Å². The van der Waals surface area contributed by atoms with Crippen LogP contribution in [0.5, 0.6) is 0 Å². The summed E-state index contributed by atoms with van der Waals surface area (Å²) in [7, 11) is 0. The standard InChI is InChI=1S/2C5H10O2.Sr/c2*1-3-4(2)5(6)7;/h2*4H,3H2,1-2H3,(H,6,7);/q;;+2/p-2. The van der Waals surface area contributed by atoms with Crippen molar-refractivity contribution < 1.29 is 19.8 Å². The number of carbonyl (C=O) groups is 2. The maximum Gasteiger partial charge on any atom is 2.00 e. The summed E-state index contributed by atoms with van der Waals surface area (Å²) in [6.07, 6.45) is 1.31. The molecule has 0 N–H and O–H groups in total. The summed E-state index contributed by atoms with van der Waals surface area (Å²) < 4.78 is 0. The maximum atomic E-state index is 9.82. The van der Waals surface area contributed by atoms with E-state index in [4.69, 9.17) is 0 Å². The molecule has 2 unspecified atom stereocenters. The van der Waals surface area contributed by atoms with Crippen LogP contribution in [-0.4, -0.2) is 57.4 Å². The van der Waals surface area contributed by atoms with Crippen LogP contribution in [0.1, 0.15) is 40.5 Å². The van der Waals surface area contributed by atoms with Gasteiger partial charge in [-0.05, 0) is 24.7 Å². The Kier molecular flexibility index (Phi) is 17.3. The monoisotopic (exact) mass is 290 g/mol. The zero-order valence-corrected chi connectivity index (χ0v) is 13.4. The number of hydrogen-bond acceptors (Lipinski definition) is 4. The van der Waals surface area contributed by atoms with Crippen molar-refractivity contribution >= 4 is 57.4 Å². The van der Waals surface area contributed by atoms with Crippen LogP contribution in [0.4, 0.5) is 0 Å². The second-order valence-corrected chi connectivity index (χ2v) is 3.26. The molecule has 0 fully saturated rings. The Morgan fingerprint density at radius 3 is 1.13 bits per heavy atom. The van der Waals surface area contributed by atoms with Gasteiger partial charge in [0.25, 0.3) is 0 Å². The van der Waals surface area contributed by atoms with Crippen molar-refractivity contribution in [1.29, 1.82) is 0 Å². The Morgan fingerprint density at radius 2 is 1.13 bits per heavy atom. The van der Waals surface area contributed by atoms with Crippen LogP contribution in [-0.2, 0) is 9.59 Å². The van der Waals surface area contributed by atoms with E-state index >= 15 is 0 Å². The third-order valence-electron chi connectivity index (χ3n) is 2.03. The molecule has 2 atom stereocenters. The molecule has 0 saturated carbocycles. The van der Waals surface area contributed by atoms with Gasteiger partial charge in [-0.1, -0.05) is 27.7 Å². The van der Waals surface area contributed by atoms with E-state index in [0.29, 0.717) is 12.8 Å². The molecule has 0 heterocycles. The molecule has 4 nitrogen and oxygen atoms in total. The molecule has 0 amide bonds. The van der Waals surface area contributed by atoms with Gasteiger partial charge < -0.3 is 19.8 Å². The molecule has 0 aliphatic rings. The summed E-state index contributed by atoms with van der Waals surface area (Å²) in [5, 5.41) is 19.6. The summed E-state index contributed by atoms with van der Waals surface area (Å²) in [6, 6.07) is 0.